The van der Waals surface area contributed by atoms with Gasteiger partial charge in [0.15, 0.2) is 0 Å². The van der Waals surface area contributed by atoms with Crippen molar-refractivity contribution >= 4 is 0 Å². The number of unbranched alkanes of at least 4 members (excludes halogenated alkanes) is 7. The predicted octanol–water partition coefficient (Wildman–Crippen LogP) is 5.30. The summed E-state index contributed by atoms with van der Waals surface area (Å²) in [5.41, 5.74) is 1.41. The molecule has 0 bridgehead atoms. The molecule has 1 rings (SSSR count). The molecule has 0 spiro atoms. The normalized spacial score (nSPS) is 12.8. The SMILES string of the molecule is CCCCCCCCCCn1ccc(C(C)NCC)c1. The summed E-state index contributed by atoms with van der Waals surface area (Å²) in [6, 6.07) is 2.72. The van der Waals surface area contributed by atoms with Crippen LogP contribution < -0.4 is 5.32 Å². The van der Waals surface area contributed by atoms with Crippen LogP contribution in [0.1, 0.15) is 83.7 Å². The van der Waals surface area contributed by atoms with E-state index in [2.05, 4.69) is 49.1 Å². The van der Waals surface area contributed by atoms with E-state index >= 15 is 0 Å². The second-order valence-electron chi connectivity index (χ2n) is 5.94. The second-order valence-corrected chi connectivity index (χ2v) is 5.94. The molecule has 20 heavy (non-hydrogen) atoms. The van der Waals surface area contributed by atoms with Crippen LogP contribution in [0.3, 0.4) is 0 Å². The quantitative estimate of drug-likeness (QED) is 0.513. The van der Waals surface area contributed by atoms with Crippen LogP contribution in [-0.4, -0.2) is 11.1 Å². The molecule has 0 aliphatic rings. The van der Waals surface area contributed by atoms with Crippen LogP contribution in [-0.2, 0) is 6.54 Å². The van der Waals surface area contributed by atoms with Crippen LogP contribution in [0, 0.1) is 0 Å². The minimum atomic E-state index is 0.472. The average Bonchev–Trinajstić information content (AvgIpc) is 2.91. The van der Waals surface area contributed by atoms with E-state index in [1.165, 1.54) is 63.5 Å². The molecule has 0 aliphatic heterocycles. The van der Waals surface area contributed by atoms with Gasteiger partial charge >= 0.3 is 0 Å². The van der Waals surface area contributed by atoms with Gasteiger partial charge in [0.2, 0.25) is 0 Å². The molecule has 1 unspecified atom stereocenters. The Morgan fingerprint density at radius 3 is 2.30 bits per heavy atom. The van der Waals surface area contributed by atoms with Gasteiger partial charge in [0.05, 0.1) is 0 Å². The number of hydrogen-bond donors (Lipinski definition) is 1. The Hall–Kier alpha value is -0.760. The van der Waals surface area contributed by atoms with Crippen molar-refractivity contribution in [2.45, 2.75) is 84.7 Å². The fourth-order valence-electron chi connectivity index (χ4n) is 2.71. The maximum atomic E-state index is 3.46. The highest BCUT2D eigenvalue weighted by molar-refractivity contribution is 5.14. The first-order chi connectivity index (χ1) is 9.77. The summed E-state index contributed by atoms with van der Waals surface area (Å²) in [5, 5.41) is 3.46. The van der Waals surface area contributed by atoms with Gasteiger partial charge < -0.3 is 9.88 Å². The summed E-state index contributed by atoms with van der Waals surface area (Å²) in [4.78, 5) is 0. The largest absolute Gasteiger partial charge is 0.354 e. The average molecular weight is 278 g/mol. The van der Waals surface area contributed by atoms with E-state index in [-0.39, 0.29) is 0 Å². The maximum absolute atomic E-state index is 3.46. The summed E-state index contributed by atoms with van der Waals surface area (Å²) in [5.74, 6) is 0. The van der Waals surface area contributed by atoms with Gasteiger partial charge in [-0.1, -0.05) is 58.8 Å². The maximum Gasteiger partial charge on any atom is 0.0306 e. The van der Waals surface area contributed by atoms with Gasteiger partial charge in [0.1, 0.15) is 0 Å². The topological polar surface area (TPSA) is 17.0 Å². The fourth-order valence-corrected chi connectivity index (χ4v) is 2.71. The molecule has 0 fully saturated rings. The van der Waals surface area contributed by atoms with Crippen molar-refractivity contribution in [3.8, 4) is 0 Å². The molecule has 1 aromatic heterocycles. The van der Waals surface area contributed by atoms with Crippen molar-refractivity contribution in [3.05, 3.63) is 24.0 Å². The predicted molar refractivity (Wildman–Crippen MR) is 89.1 cm³/mol. The Morgan fingerprint density at radius 1 is 1.00 bits per heavy atom. The minimum absolute atomic E-state index is 0.472. The molecule has 116 valence electrons. The molecule has 0 saturated carbocycles. The third-order valence-electron chi connectivity index (χ3n) is 4.05. The number of rotatable bonds is 12. The lowest BCUT2D eigenvalue weighted by atomic mass is 10.1. The van der Waals surface area contributed by atoms with Crippen molar-refractivity contribution in [3.63, 3.8) is 0 Å². The number of aromatic nitrogens is 1. The monoisotopic (exact) mass is 278 g/mol. The summed E-state index contributed by atoms with van der Waals surface area (Å²) in [6.07, 6.45) is 15.7. The first-order valence-corrected chi connectivity index (χ1v) is 8.67. The zero-order valence-corrected chi connectivity index (χ0v) is 13.8. The molecule has 0 saturated heterocycles. The van der Waals surface area contributed by atoms with Crippen LogP contribution >= 0.6 is 0 Å². The molecule has 1 heterocycles. The summed E-state index contributed by atoms with van der Waals surface area (Å²) in [6.45, 7) is 8.88. The minimum Gasteiger partial charge on any atom is -0.354 e. The van der Waals surface area contributed by atoms with E-state index in [1.807, 2.05) is 0 Å². The Labute approximate surface area is 126 Å². The lowest BCUT2D eigenvalue weighted by Gasteiger charge is -2.09. The first-order valence-electron chi connectivity index (χ1n) is 8.67. The van der Waals surface area contributed by atoms with Gasteiger partial charge in [0.25, 0.3) is 0 Å². The standard InChI is InChI=1S/C18H34N2/c1-4-6-7-8-9-10-11-12-14-20-15-13-18(16-20)17(3)19-5-2/h13,15-17,19H,4-12,14H2,1-3H3. The molecule has 1 atom stereocenters. The highest BCUT2D eigenvalue weighted by atomic mass is 15.0. The van der Waals surface area contributed by atoms with E-state index in [9.17, 15) is 0 Å². The highest BCUT2D eigenvalue weighted by Crippen LogP contribution is 2.14. The van der Waals surface area contributed by atoms with E-state index in [0.29, 0.717) is 6.04 Å². The molecular formula is C18H34N2. The molecule has 0 radical (unpaired) electrons. The van der Waals surface area contributed by atoms with Crippen molar-refractivity contribution in [2.24, 2.45) is 0 Å². The second kappa shape index (κ2) is 11.0. The van der Waals surface area contributed by atoms with Crippen LogP contribution in [0.2, 0.25) is 0 Å². The van der Waals surface area contributed by atoms with Gasteiger partial charge in [-0.3, -0.25) is 0 Å². The number of hydrogen-bond acceptors (Lipinski definition) is 1. The summed E-state index contributed by atoms with van der Waals surface area (Å²) >= 11 is 0. The molecule has 1 N–H and O–H groups in total. The Balaban J connectivity index is 2.07. The smallest absolute Gasteiger partial charge is 0.0306 e. The van der Waals surface area contributed by atoms with Crippen LogP contribution in [0.15, 0.2) is 18.5 Å². The van der Waals surface area contributed by atoms with Crippen molar-refractivity contribution < 1.29 is 0 Å². The number of aryl methyl sites for hydroxylation is 1. The Bertz CT molecular complexity index is 330. The highest BCUT2D eigenvalue weighted by Gasteiger charge is 2.04. The van der Waals surface area contributed by atoms with Crippen molar-refractivity contribution in [2.75, 3.05) is 6.54 Å². The van der Waals surface area contributed by atoms with Gasteiger partial charge in [-0.2, -0.15) is 0 Å². The van der Waals surface area contributed by atoms with E-state index in [1.54, 1.807) is 0 Å². The zero-order chi connectivity index (χ0) is 14.6. The van der Waals surface area contributed by atoms with E-state index in [0.717, 1.165) is 6.54 Å². The van der Waals surface area contributed by atoms with Gasteiger partial charge in [0, 0.05) is 25.0 Å². The van der Waals surface area contributed by atoms with E-state index < -0.39 is 0 Å². The molecule has 0 amide bonds. The lowest BCUT2D eigenvalue weighted by molar-refractivity contribution is 0.542. The zero-order valence-electron chi connectivity index (χ0n) is 13.8. The molecule has 2 heteroatoms. The number of nitrogens with zero attached hydrogens (tertiary/aromatic N) is 1. The molecular weight excluding hydrogens is 244 g/mol. The number of nitrogens with one attached hydrogen (secondary N) is 1. The third kappa shape index (κ3) is 7.14. The lowest BCUT2D eigenvalue weighted by Crippen LogP contribution is -2.17. The molecule has 2 nitrogen and oxygen atoms in total. The Morgan fingerprint density at radius 2 is 1.65 bits per heavy atom. The summed E-state index contributed by atoms with van der Waals surface area (Å²) < 4.78 is 2.35. The Kier molecular flexibility index (Phi) is 9.48. The first kappa shape index (κ1) is 17.3. The van der Waals surface area contributed by atoms with Gasteiger partial charge in [-0.15, -0.1) is 0 Å². The molecule has 0 aromatic carbocycles. The third-order valence-corrected chi connectivity index (χ3v) is 4.05. The van der Waals surface area contributed by atoms with Crippen molar-refractivity contribution in [1.82, 2.24) is 9.88 Å². The van der Waals surface area contributed by atoms with Crippen LogP contribution in [0.25, 0.3) is 0 Å². The van der Waals surface area contributed by atoms with Crippen LogP contribution in [0.5, 0.6) is 0 Å². The van der Waals surface area contributed by atoms with Gasteiger partial charge in [-0.25, -0.2) is 0 Å². The van der Waals surface area contributed by atoms with Crippen molar-refractivity contribution in [1.29, 1.82) is 0 Å². The fraction of sp³-hybridized carbons (Fsp3) is 0.778. The van der Waals surface area contributed by atoms with E-state index in [4.69, 9.17) is 0 Å². The van der Waals surface area contributed by atoms with Gasteiger partial charge in [-0.05, 0) is 31.5 Å². The summed E-state index contributed by atoms with van der Waals surface area (Å²) in [7, 11) is 0. The van der Waals surface area contributed by atoms with Crippen LogP contribution in [0.4, 0.5) is 0 Å². The molecule has 0 aliphatic carbocycles. The molecule has 1 aromatic rings.